The van der Waals surface area contributed by atoms with Crippen molar-refractivity contribution in [2.24, 2.45) is 50.7 Å². The summed E-state index contributed by atoms with van der Waals surface area (Å²) in [7, 11) is 0. The molecular formula is C36H50N2O3. The first kappa shape index (κ1) is 28.9. The lowest BCUT2D eigenvalue weighted by molar-refractivity contribution is -0.171. The van der Waals surface area contributed by atoms with Crippen molar-refractivity contribution < 1.29 is 14.4 Å². The largest absolute Gasteiger partial charge is 0.343 e. The van der Waals surface area contributed by atoms with Crippen LogP contribution in [0.25, 0.3) is 0 Å². The fourth-order valence-corrected chi connectivity index (χ4v) is 11.3. The van der Waals surface area contributed by atoms with Gasteiger partial charge in [-0.3, -0.25) is 14.4 Å². The maximum atomic E-state index is 14.6. The third-order valence-electron chi connectivity index (χ3n) is 14.0. The molecule has 4 fully saturated rings. The van der Waals surface area contributed by atoms with Gasteiger partial charge in [-0.05, 0) is 104 Å². The van der Waals surface area contributed by atoms with Gasteiger partial charge in [0, 0.05) is 36.8 Å². The number of amides is 1. The molecular weight excluding hydrogens is 508 g/mol. The van der Waals surface area contributed by atoms with Gasteiger partial charge in [0.2, 0.25) is 5.91 Å². The number of carbonyl (C=O) groups excluding carboxylic acids is 3. The van der Waals surface area contributed by atoms with Crippen LogP contribution in [-0.2, 0) is 14.4 Å². The van der Waals surface area contributed by atoms with Crippen LogP contribution in [0.1, 0.15) is 112 Å². The third kappa shape index (κ3) is 4.01. The van der Waals surface area contributed by atoms with E-state index < -0.39 is 5.41 Å². The summed E-state index contributed by atoms with van der Waals surface area (Å²) in [6, 6.07) is 2.19. The van der Waals surface area contributed by atoms with Gasteiger partial charge in [0.1, 0.15) is 6.07 Å². The Balaban J connectivity index is 1.41. The van der Waals surface area contributed by atoms with Gasteiger partial charge in [-0.1, -0.05) is 53.2 Å². The zero-order chi connectivity index (χ0) is 29.6. The van der Waals surface area contributed by atoms with Crippen LogP contribution in [0.3, 0.4) is 0 Å². The lowest BCUT2D eigenvalue weighted by Gasteiger charge is -2.69. The molecule has 1 heterocycles. The first-order chi connectivity index (χ1) is 19.2. The van der Waals surface area contributed by atoms with Gasteiger partial charge in [0.15, 0.2) is 11.6 Å². The van der Waals surface area contributed by atoms with Gasteiger partial charge in [0.05, 0.1) is 5.57 Å². The van der Waals surface area contributed by atoms with E-state index >= 15 is 0 Å². The SMILES string of the molecule is CC1C(=O)C(C#N)=CC2(C)C3=CC(=O)C4C5CC(C)(C)CCC5(CCC(=O)N5CCCC5)CCC4(C)C3(C)CCC12. The summed E-state index contributed by atoms with van der Waals surface area (Å²) in [5.41, 5.74) is 0.847. The number of ketones is 2. The smallest absolute Gasteiger partial charge is 0.222 e. The molecule has 0 spiro atoms. The number of nitriles is 1. The van der Waals surface area contributed by atoms with E-state index in [2.05, 4.69) is 45.6 Å². The molecule has 8 atom stereocenters. The maximum absolute atomic E-state index is 14.6. The first-order valence-corrected chi connectivity index (χ1v) is 16.4. The van der Waals surface area contributed by atoms with E-state index in [1.807, 2.05) is 19.1 Å². The first-order valence-electron chi connectivity index (χ1n) is 16.4. The van der Waals surface area contributed by atoms with Crippen molar-refractivity contribution >= 4 is 17.5 Å². The van der Waals surface area contributed by atoms with Gasteiger partial charge < -0.3 is 4.90 Å². The Hall–Kier alpha value is -2.22. The minimum atomic E-state index is -0.461. The number of Topliss-reactive ketones (excluding diaryl/α,β-unsaturated/α-hetero) is 1. The van der Waals surface area contributed by atoms with E-state index in [9.17, 15) is 19.6 Å². The number of likely N-dealkylation sites (tertiary alicyclic amines) is 1. The van der Waals surface area contributed by atoms with Crippen LogP contribution in [0.15, 0.2) is 23.3 Å². The van der Waals surface area contributed by atoms with Crippen molar-refractivity contribution in [3.63, 3.8) is 0 Å². The molecule has 8 unspecified atom stereocenters. The van der Waals surface area contributed by atoms with E-state index in [0.29, 0.717) is 12.3 Å². The molecule has 6 aliphatic rings. The highest BCUT2D eigenvalue weighted by atomic mass is 16.2. The van der Waals surface area contributed by atoms with Gasteiger partial charge in [0.25, 0.3) is 0 Å². The molecule has 0 aromatic rings. The molecule has 6 rings (SSSR count). The Morgan fingerprint density at radius 2 is 1.68 bits per heavy atom. The standard InChI is InChI=1S/C36H50N2O3/c1-23-25-9-11-34(5)28(33(25,4)20-24(22-37)31(23)41)19-27(39)30-26-21-32(2,3)13-15-36(26,16-14-35(30,34)6)12-10-29(40)38-17-7-8-18-38/h19-20,23,25-26,30H,7-18,21H2,1-6H3. The lowest BCUT2D eigenvalue weighted by Crippen LogP contribution is -2.64. The number of rotatable bonds is 3. The van der Waals surface area contributed by atoms with E-state index in [-0.39, 0.29) is 62.5 Å². The summed E-state index contributed by atoms with van der Waals surface area (Å²) in [4.78, 5) is 42.9. The van der Waals surface area contributed by atoms with Crippen molar-refractivity contribution in [2.75, 3.05) is 13.1 Å². The minimum absolute atomic E-state index is 0.0410. The third-order valence-corrected chi connectivity index (χ3v) is 14.0. The van der Waals surface area contributed by atoms with Crippen molar-refractivity contribution in [3.05, 3.63) is 23.3 Å². The molecule has 0 bridgehead atoms. The molecule has 1 aliphatic heterocycles. The van der Waals surface area contributed by atoms with E-state index in [0.717, 1.165) is 77.3 Å². The normalized spacial score (nSPS) is 45.0. The molecule has 0 aromatic heterocycles. The second-order valence-corrected chi connectivity index (χ2v) is 16.4. The van der Waals surface area contributed by atoms with Gasteiger partial charge in [-0.15, -0.1) is 0 Å². The van der Waals surface area contributed by atoms with Gasteiger partial charge in [-0.2, -0.15) is 5.26 Å². The lowest BCUT2D eigenvalue weighted by atomic mass is 9.34. The Kier molecular flexibility index (Phi) is 6.61. The van der Waals surface area contributed by atoms with Crippen LogP contribution in [0.4, 0.5) is 0 Å². The number of fused-ring (bicyclic) bond motifs is 7. The Labute approximate surface area is 247 Å². The monoisotopic (exact) mass is 558 g/mol. The Morgan fingerprint density at radius 1 is 1.00 bits per heavy atom. The van der Waals surface area contributed by atoms with Gasteiger partial charge >= 0.3 is 0 Å². The van der Waals surface area contributed by atoms with Crippen LogP contribution in [0.2, 0.25) is 0 Å². The van der Waals surface area contributed by atoms with Crippen LogP contribution in [-0.4, -0.2) is 35.5 Å². The zero-order valence-corrected chi connectivity index (χ0v) is 26.3. The van der Waals surface area contributed by atoms with Crippen LogP contribution in [0.5, 0.6) is 0 Å². The number of nitrogens with zero attached hydrogens (tertiary/aromatic N) is 2. The summed E-state index contributed by atoms with van der Waals surface area (Å²) in [6.45, 7) is 15.5. The second kappa shape index (κ2) is 9.39. The molecule has 1 saturated heterocycles. The van der Waals surface area contributed by atoms with Crippen LogP contribution in [0, 0.1) is 62.1 Å². The minimum Gasteiger partial charge on any atom is -0.343 e. The fourth-order valence-electron chi connectivity index (χ4n) is 11.3. The summed E-state index contributed by atoms with van der Waals surface area (Å²) in [5.74, 6) is 0.668. The molecule has 5 aliphatic carbocycles. The van der Waals surface area contributed by atoms with Crippen LogP contribution >= 0.6 is 0 Å². The van der Waals surface area contributed by atoms with Crippen molar-refractivity contribution in [1.82, 2.24) is 4.90 Å². The van der Waals surface area contributed by atoms with E-state index in [1.54, 1.807) is 0 Å². The molecule has 1 amide bonds. The number of hydrogen-bond acceptors (Lipinski definition) is 4. The van der Waals surface area contributed by atoms with E-state index in [1.165, 1.54) is 5.57 Å². The molecule has 0 aromatic carbocycles. The molecule has 0 N–H and O–H groups in total. The van der Waals surface area contributed by atoms with Crippen molar-refractivity contribution in [3.8, 4) is 6.07 Å². The summed E-state index contributed by atoms with van der Waals surface area (Å²) in [5, 5.41) is 9.85. The maximum Gasteiger partial charge on any atom is 0.222 e. The average molecular weight is 559 g/mol. The van der Waals surface area contributed by atoms with Crippen molar-refractivity contribution in [1.29, 1.82) is 5.26 Å². The van der Waals surface area contributed by atoms with Gasteiger partial charge in [-0.25, -0.2) is 0 Å². The highest BCUT2D eigenvalue weighted by Crippen LogP contribution is 2.74. The van der Waals surface area contributed by atoms with Crippen molar-refractivity contribution in [2.45, 2.75) is 112 Å². The quantitative estimate of drug-likeness (QED) is 0.366. The molecule has 3 saturated carbocycles. The predicted octanol–water partition coefficient (Wildman–Crippen LogP) is 7.22. The second-order valence-electron chi connectivity index (χ2n) is 16.4. The Bertz CT molecular complexity index is 1280. The molecule has 0 radical (unpaired) electrons. The topological polar surface area (TPSA) is 78.2 Å². The van der Waals surface area contributed by atoms with E-state index in [4.69, 9.17) is 0 Å². The number of allylic oxidation sites excluding steroid dienone is 4. The number of carbonyl (C=O) groups is 3. The predicted molar refractivity (Wildman–Crippen MR) is 159 cm³/mol. The summed E-state index contributed by atoms with van der Waals surface area (Å²) >= 11 is 0. The average Bonchev–Trinajstić information content (AvgIpc) is 3.46. The number of hydrogen-bond donors (Lipinski definition) is 0. The molecule has 222 valence electrons. The zero-order valence-electron chi connectivity index (χ0n) is 26.3. The molecule has 5 nitrogen and oxygen atoms in total. The fraction of sp³-hybridized carbons (Fsp3) is 0.778. The molecule has 41 heavy (non-hydrogen) atoms. The Morgan fingerprint density at radius 3 is 2.37 bits per heavy atom. The summed E-state index contributed by atoms with van der Waals surface area (Å²) in [6.07, 6.45) is 15.0. The molecule has 5 heteroatoms. The van der Waals surface area contributed by atoms with Crippen LogP contribution < -0.4 is 0 Å². The summed E-state index contributed by atoms with van der Waals surface area (Å²) < 4.78 is 0. The highest BCUT2D eigenvalue weighted by molar-refractivity contribution is 6.02. The highest BCUT2D eigenvalue weighted by Gasteiger charge is 2.68.